The maximum absolute atomic E-state index is 11.0. The molecule has 0 amide bonds. The van der Waals surface area contributed by atoms with Crippen molar-refractivity contribution in [2.75, 3.05) is 31.6 Å². The summed E-state index contributed by atoms with van der Waals surface area (Å²) in [6.45, 7) is 5.10. The Morgan fingerprint density at radius 1 is 1.00 bits per heavy atom. The number of benzene rings is 3. The number of para-hydroxylation sites is 1. The lowest BCUT2D eigenvalue weighted by atomic mass is 9.85. The Bertz CT molecular complexity index is 1320. The molecule has 0 bridgehead atoms. The van der Waals surface area contributed by atoms with E-state index >= 15 is 0 Å². The fraction of sp³-hybridized carbons (Fsp3) is 0.300. The van der Waals surface area contributed by atoms with Crippen LogP contribution >= 0.6 is 11.6 Å². The van der Waals surface area contributed by atoms with Crippen molar-refractivity contribution in [2.24, 2.45) is 0 Å². The number of halogens is 1. The Labute approximate surface area is 217 Å². The largest absolute Gasteiger partial charge is 0.492 e. The first-order valence-electron chi connectivity index (χ1n) is 12.5. The van der Waals surface area contributed by atoms with E-state index in [-0.39, 0.29) is 0 Å². The Morgan fingerprint density at radius 3 is 2.56 bits per heavy atom. The minimum absolute atomic E-state index is 0.564. The van der Waals surface area contributed by atoms with E-state index in [2.05, 4.69) is 33.4 Å². The molecule has 4 aromatic rings. The molecular weight excluding hydrogens is 470 g/mol. The maximum atomic E-state index is 11.0. The van der Waals surface area contributed by atoms with E-state index in [0.717, 1.165) is 66.2 Å². The molecule has 0 aliphatic carbocycles. The van der Waals surface area contributed by atoms with Gasteiger partial charge in [-0.15, -0.1) is 0 Å². The Kier molecular flexibility index (Phi) is 7.42. The molecule has 1 aliphatic heterocycles. The third-order valence-corrected chi connectivity index (χ3v) is 7.05. The molecule has 1 saturated heterocycles. The average Bonchev–Trinajstić information content (AvgIpc) is 2.85. The quantitative estimate of drug-likeness (QED) is 0.293. The van der Waals surface area contributed by atoms with Gasteiger partial charge in [0.2, 0.25) is 0 Å². The third-order valence-electron chi connectivity index (χ3n) is 6.83. The number of nitrogens with one attached hydrogen (secondary N) is 1. The van der Waals surface area contributed by atoms with Crippen molar-refractivity contribution in [1.29, 1.82) is 0 Å². The van der Waals surface area contributed by atoms with Gasteiger partial charge < -0.3 is 15.2 Å². The summed E-state index contributed by atoms with van der Waals surface area (Å²) < 4.78 is 6.09. The van der Waals surface area contributed by atoms with Gasteiger partial charge in [-0.3, -0.25) is 9.88 Å². The number of nitrogens with zero attached hydrogens (tertiary/aromatic N) is 2. The van der Waals surface area contributed by atoms with E-state index in [1.807, 2.05) is 67.6 Å². The SMILES string of the molecule is Cc1cc(Nc2cc(Cl)cc(OCCN3CCC(O)(Cc4ccccc4)CC3)c2)c2ccccc2n1. The average molecular weight is 502 g/mol. The van der Waals surface area contributed by atoms with Crippen molar-refractivity contribution in [1.82, 2.24) is 9.88 Å². The van der Waals surface area contributed by atoms with Gasteiger partial charge in [-0.2, -0.15) is 0 Å². The lowest BCUT2D eigenvalue weighted by Gasteiger charge is -2.38. The van der Waals surface area contributed by atoms with Crippen LogP contribution in [-0.4, -0.2) is 46.8 Å². The maximum Gasteiger partial charge on any atom is 0.122 e. The molecule has 186 valence electrons. The number of aromatic nitrogens is 1. The zero-order valence-corrected chi connectivity index (χ0v) is 21.3. The highest BCUT2D eigenvalue weighted by Crippen LogP contribution is 2.31. The van der Waals surface area contributed by atoms with Crippen molar-refractivity contribution in [2.45, 2.75) is 31.8 Å². The highest BCUT2D eigenvalue weighted by Gasteiger charge is 2.32. The molecule has 1 aromatic heterocycles. The second-order valence-electron chi connectivity index (χ2n) is 9.71. The molecule has 0 spiro atoms. The van der Waals surface area contributed by atoms with E-state index in [9.17, 15) is 5.11 Å². The minimum Gasteiger partial charge on any atom is -0.492 e. The summed E-state index contributed by atoms with van der Waals surface area (Å²) in [5.41, 5.74) is 4.33. The molecule has 5 nitrogen and oxygen atoms in total. The second kappa shape index (κ2) is 10.9. The number of hydrogen-bond acceptors (Lipinski definition) is 5. The lowest BCUT2D eigenvalue weighted by Crippen LogP contribution is -2.46. The molecule has 2 N–H and O–H groups in total. The molecule has 36 heavy (non-hydrogen) atoms. The predicted octanol–water partition coefficient (Wildman–Crippen LogP) is 6.39. The number of rotatable bonds is 8. The van der Waals surface area contributed by atoms with Gasteiger partial charge in [0.1, 0.15) is 12.4 Å². The van der Waals surface area contributed by atoms with Gasteiger partial charge in [0.15, 0.2) is 0 Å². The molecule has 1 aliphatic rings. The number of fused-ring (bicyclic) bond motifs is 1. The van der Waals surface area contributed by atoms with E-state index in [1.54, 1.807) is 0 Å². The number of aryl methyl sites for hydroxylation is 1. The Hall–Kier alpha value is -3.12. The number of hydrogen-bond donors (Lipinski definition) is 2. The molecule has 0 radical (unpaired) electrons. The van der Waals surface area contributed by atoms with Crippen LogP contribution in [0.4, 0.5) is 11.4 Å². The number of pyridine rings is 1. The molecule has 2 heterocycles. The molecule has 1 fully saturated rings. The minimum atomic E-state index is -0.623. The van der Waals surface area contributed by atoms with Crippen molar-refractivity contribution < 1.29 is 9.84 Å². The molecule has 0 unspecified atom stereocenters. The third kappa shape index (κ3) is 6.16. The number of piperidine rings is 1. The summed E-state index contributed by atoms with van der Waals surface area (Å²) >= 11 is 6.42. The summed E-state index contributed by atoms with van der Waals surface area (Å²) in [4.78, 5) is 6.97. The molecule has 3 aromatic carbocycles. The number of likely N-dealkylation sites (tertiary alicyclic amines) is 1. The smallest absolute Gasteiger partial charge is 0.122 e. The monoisotopic (exact) mass is 501 g/mol. The Balaban J connectivity index is 1.16. The first-order valence-corrected chi connectivity index (χ1v) is 12.9. The normalized spacial score (nSPS) is 15.6. The molecule has 5 rings (SSSR count). The van der Waals surface area contributed by atoms with Crippen LogP contribution in [0.3, 0.4) is 0 Å². The van der Waals surface area contributed by atoms with Gasteiger partial charge >= 0.3 is 0 Å². The van der Waals surface area contributed by atoms with E-state index in [0.29, 0.717) is 18.1 Å². The standard InChI is InChI=1S/C30H32ClN3O2/c1-22-17-29(27-9-5-6-10-28(27)32-22)33-25-18-24(31)19-26(20-25)36-16-15-34-13-11-30(35,12-14-34)21-23-7-3-2-4-8-23/h2-10,17-20,35H,11-16,21H2,1H3,(H,32,33). The van der Waals surface area contributed by atoms with Crippen LogP contribution in [0.25, 0.3) is 10.9 Å². The van der Waals surface area contributed by atoms with Gasteiger partial charge in [-0.05, 0) is 49.6 Å². The van der Waals surface area contributed by atoms with E-state index in [1.165, 1.54) is 5.56 Å². The highest BCUT2D eigenvalue weighted by molar-refractivity contribution is 6.31. The predicted molar refractivity (Wildman–Crippen MR) is 147 cm³/mol. The number of aliphatic hydroxyl groups is 1. The van der Waals surface area contributed by atoms with Crippen LogP contribution < -0.4 is 10.1 Å². The van der Waals surface area contributed by atoms with E-state index < -0.39 is 5.60 Å². The van der Waals surface area contributed by atoms with Gasteiger partial charge in [-0.25, -0.2) is 0 Å². The van der Waals surface area contributed by atoms with Crippen molar-refractivity contribution >= 4 is 33.9 Å². The molecule has 0 atom stereocenters. The topological polar surface area (TPSA) is 57.6 Å². The first kappa shape index (κ1) is 24.6. The van der Waals surface area contributed by atoms with E-state index in [4.69, 9.17) is 16.3 Å². The van der Waals surface area contributed by atoms with Crippen LogP contribution in [0.15, 0.2) is 78.9 Å². The van der Waals surface area contributed by atoms with Gasteiger partial charge in [0.05, 0.1) is 11.1 Å². The summed E-state index contributed by atoms with van der Waals surface area (Å²) in [6, 6.07) is 26.1. The fourth-order valence-corrected chi connectivity index (χ4v) is 5.15. The second-order valence-corrected chi connectivity index (χ2v) is 10.1. The van der Waals surface area contributed by atoms with Crippen molar-refractivity contribution in [3.8, 4) is 5.75 Å². The van der Waals surface area contributed by atoms with Crippen LogP contribution in [0, 0.1) is 6.92 Å². The van der Waals surface area contributed by atoms with Crippen molar-refractivity contribution in [3.63, 3.8) is 0 Å². The first-order chi connectivity index (χ1) is 17.5. The van der Waals surface area contributed by atoms with Crippen LogP contribution in [-0.2, 0) is 6.42 Å². The summed E-state index contributed by atoms with van der Waals surface area (Å²) in [5.74, 6) is 0.734. The van der Waals surface area contributed by atoms with Gasteiger partial charge in [0.25, 0.3) is 0 Å². The van der Waals surface area contributed by atoms with Crippen LogP contribution in [0.5, 0.6) is 5.75 Å². The number of ether oxygens (including phenoxy) is 1. The fourth-order valence-electron chi connectivity index (χ4n) is 4.92. The lowest BCUT2D eigenvalue weighted by molar-refractivity contribution is -0.0226. The van der Waals surface area contributed by atoms with Gasteiger partial charge in [-0.1, -0.05) is 60.1 Å². The summed E-state index contributed by atoms with van der Waals surface area (Å²) in [7, 11) is 0. The van der Waals surface area contributed by atoms with Crippen molar-refractivity contribution in [3.05, 3.63) is 95.1 Å². The zero-order chi connectivity index (χ0) is 25.0. The van der Waals surface area contributed by atoms with Crippen LogP contribution in [0.1, 0.15) is 24.1 Å². The van der Waals surface area contributed by atoms with Gasteiger partial charge in [0, 0.05) is 59.6 Å². The summed E-state index contributed by atoms with van der Waals surface area (Å²) in [6.07, 6.45) is 2.25. The number of anilines is 2. The molecule has 0 saturated carbocycles. The Morgan fingerprint density at radius 2 is 1.75 bits per heavy atom. The molecule has 6 heteroatoms. The summed E-state index contributed by atoms with van der Waals surface area (Å²) in [5, 5.41) is 16.2. The zero-order valence-electron chi connectivity index (χ0n) is 20.6. The molecular formula is C30H32ClN3O2. The highest BCUT2D eigenvalue weighted by atomic mass is 35.5. The van der Waals surface area contributed by atoms with Crippen LogP contribution in [0.2, 0.25) is 5.02 Å².